The number of hydrogen-bond acceptors (Lipinski definition) is 5. The standard InChI is InChI=1S/C12H15N3S2/c1-2-11-14-12(17-15-11)16-8-10-6-4-3-5-9(10)7-13/h3-6H,2,7-8,13H2,1H3. The fourth-order valence-electron chi connectivity index (χ4n) is 1.48. The summed E-state index contributed by atoms with van der Waals surface area (Å²) in [7, 11) is 0. The van der Waals surface area contributed by atoms with Gasteiger partial charge in [0.15, 0.2) is 4.34 Å². The molecule has 0 atom stereocenters. The molecule has 0 radical (unpaired) electrons. The molecule has 0 spiro atoms. The van der Waals surface area contributed by atoms with Crippen LogP contribution in [0.2, 0.25) is 0 Å². The summed E-state index contributed by atoms with van der Waals surface area (Å²) in [6.07, 6.45) is 0.899. The summed E-state index contributed by atoms with van der Waals surface area (Å²) in [6, 6.07) is 8.27. The second-order valence-corrected chi connectivity index (χ2v) is 5.57. The van der Waals surface area contributed by atoms with Crippen molar-refractivity contribution in [1.82, 2.24) is 9.36 Å². The van der Waals surface area contributed by atoms with E-state index in [1.165, 1.54) is 22.7 Å². The van der Waals surface area contributed by atoms with Crippen LogP contribution in [0.5, 0.6) is 0 Å². The molecule has 5 heteroatoms. The molecule has 0 saturated carbocycles. The molecule has 1 aromatic heterocycles. The second-order valence-electron chi connectivity index (χ2n) is 3.59. The van der Waals surface area contributed by atoms with Crippen LogP contribution in [0.3, 0.4) is 0 Å². The van der Waals surface area contributed by atoms with Crippen molar-refractivity contribution in [2.45, 2.75) is 30.0 Å². The smallest absolute Gasteiger partial charge is 0.170 e. The fraction of sp³-hybridized carbons (Fsp3) is 0.333. The quantitative estimate of drug-likeness (QED) is 0.845. The van der Waals surface area contributed by atoms with Gasteiger partial charge in [-0.3, -0.25) is 0 Å². The first-order chi connectivity index (χ1) is 8.33. The zero-order valence-electron chi connectivity index (χ0n) is 9.72. The van der Waals surface area contributed by atoms with Crippen molar-refractivity contribution in [3.8, 4) is 0 Å². The Kier molecular flexibility index (Phi) is 4.53. The predicted octanol–water partition coefficient (Wildman–Crippen LogP) is 2.85. The number of aryl methyl sites for hydroxylation is 1. The van der Waals surface area contributed by atoms with Crippen molar-refractivity contribution >= 4 is 23.3 Å². The maximum atomic E-state index is 5.71. The Morgan fingerprint density at radius 3 is 2.71 bits per heavy atom. The molecule has 0 aliphatic carbocycles. The Morgan fingerprint density at radius 2 is 2.06 bits per heavy atom. The van der Waals surface area contributed by atoms with Crippen LogP contribution in [0.15, 0.2) is 28.6 Å². The number of benzene rings is 1. The van der Waals surface area contributed by atoms with Crippen molar-refractivity contribution in [3.05, 3.63) is 41.2 Å². The summed E-state index contributed by atoms with van der Waals surface area (Å²) in [5.74, 6) is 1.84. The molecule has 2 N–H and O–H groups in total. The summed E-state index contributed by atoms with van der Waals surface area (Å²) in [4.78, 5) is 4.44. The normalized spacial score (nSPS) is 10.7. The third-order valence-electron chi connectivity index (χ3n) is 2.46. The van der Waals surface area contributed by atoms with Crippen molar-refractivity contribution in [3.63, 3.8) is 0 Å². The molecule has 0 unspecified atom stereocenters. The fourth-order valence-corrected chi connectivity index (χ4v) is 3.21. The number of aromatic nitrogens is 2. The van der Waals surface area contributed by atoms with E-state index in [1.807, 2.05) is 12.1 Å². The molecule has 0 aliphatic heterocycles. The lowest BCUT2D eigenvalue weighted by atomic mass is 10.1. The number of rotatable bonds is 5. The van der Waals surface area contributed by atoms with Gasteiger partial charge in [-0.25, -0.2) is 4.98 Å². The van der Waals surface area contributed by atoms with E-state index in [4.69, 9.17) is 5.73 Å². The van der Waals surface area contributed by atoms with Crippen LogP contribution in [0.25, 0.3) is 0 Å². The second kappa shape index (κ2) is 6.14. The minimum absolute atomic E-state index is 0.590. The summed E-state index contributed by atoms with van der Waals surface area (Å²) in [5, 5.41) is 0. The summed E-state index contributed by atoms with van der Waals surface area (Å²) < 4.78 is 5.31. The van der Waals surface area contributed by atoms with Crippen LogP contribution in [0, 0.1) is 0 Å². The average Bonchev–Trinajstić information content (AvgIpc) is 2.84. The Bertz CT molecular complexity index is 482. The molecular weight excluding hydrogens is 250 g/mol. The van der Waals surface area contributed by atoms with E-state index in [9.17, 15) is 0 Å². The van der Waals surface area contributed by atoms with Gasteiger partial charge in [-0.2, -0.15) is 4.37 Å². The number of nitrogens with zero attached hydrogens (tertiary/aromatic N) is 2. The highest BCUT2D eigenvalue weighted by atomic mass is 32.2. The highest BCUT2D eigenvalue weighted by molar-refractivity contribution is 8.00. The first kappa shape index (κ1) is 12.5. The van der Waals surface area contributed by atoms with E-state index < -0.39 is 0 Å². The van der Waals surface area contributed by atoms with Crippen LogP contribution in [0.4, 0.5) is 0 Å². The first-order valence-corrected chi connectivity index (χ1v) is 7.31. The molecular formula is C12H15N3S2. The molecule has 0 aliphatic rings. The van der Waals surface area contributed by atoms with Crippen LogP contribution in [0.1, 0.15) is 23.9 Å². The molecule has 90 valence electrons. The molecule has 2 aromatic rings. The third kappa shape index (κ3) is 3.28. The first-order valence-electron chi connectivity index (χ1n) is 5.55. The monoisotopic (exact) mass is 265 g/mol. The molecule has 1 heterocycles. The Morgan fingerprint density at radius 1 is 1.29 bits per heavy atom. The Balaban J connectivity index is 2.01. The minimum atomic E-state index is 0.590. The van der Waals surface area contributed by atoms with Crippen LogP contribution < -0.4 is 5.73 Å². The van der Waals surface area contributed by atoms with Crippen LogP contribution in [-0.4, -0.2) is 9.36 Å². The van der Waals surface area contributed by atoms with Crippen molar-refractivity contribution in [2.24, 2.45) is 5.73 Å². The van der Waals surface area contributed by atoms with Crippen molar-refractivity contribution < 1.29 is 0 Å². The molecule has 17 heavy (non-hydrogen) atoms. The number of thioether (sulfide) groups is 1. The summed E-state index contributed by atoms with van der Waals surface area (Å²) in [5.41, 5.74) is 8.20. The van der Waals surface area contributed by atoms with Gasteiger partial charge in [-0.1, -0.05) is 43.0 Å². The van der Waals surface area contributed by atoms with E-state index in [0.717, 1.165) is 22.3 Å². The number of nitrogens with two attached hydrogens (primary N) is 1. The van der Waals surface area contributed by atoms with E-state index in [2.05, 4.69) is 28.4 Å². The van der Waals surface area contributed by atoms with Gasteiger partial charge in [-0.15, -0.1) is 0 Å². The van der Waals surface area contributed by atoms with Gasteiger partial charge in [0, 0.05) is 18.7 Å². The number of hydrogen-bond donors (Lipinski definition) is 1. The zero-order chi connectivity index (χ0) is 12.1. The maximum absolute atomic E-state index is 5.71. The van der Waals surface area contributed by atoms with Crippen molar-refractivity contribution in [2.75, 3.05) is 0 Å². The van der Waals surface area contributed by atoms with Gasteiger partial charge in [0.2, 0.25) is 0 Å². The third-order valence-corrected chi connectivity index (χ3v) is 4.38. The molecule has 3 nitrogen and oxygen atoms in total. The highest BCUT2D eigenvalue weighted by Crippen LogP contribution is 2.25. The summed E-state index contributed by atoms with van der Waals surface area (Å²) in [6.45, 7) is 2.66. The topological polar surface area (TPSA) is 51.8 Å². The lowest BCUT2D eigenvalue weighted by Gasteiger charge is -2.05. The molecule has 0 fully saturated rings. The van der Waals surface area contributed by atoms with E-state index >= 15 is 0 Å². The molecule has 0 bridgehead atoms. The van der Waals surface area contributed by atoms with Gasteiger partial charge in [-0.05, 0) is 22.7 Å². The predicted molar refractivity (Wildman–Crippen MR) is 73.2 cm³/mol. The average molecular weight is 265 g/mol. The minimum Gasteiger partial charge on any atom is -0.326 e. The largest absolute Gasteiger partial charge is 0.326 e. The molecule has 2 rings (SSSR count). The van der Waals surface area contributed by atoms with Gasteiger partial charge in [0.25, 0.3) is 0 Å². The Hall–Kier alpha value is -0.910. The maximum Gasteiger partial charge on any atom is 0.170 e. The molecule has 0 amide bonds. The zero-order valence-corrected chi connectivity index (χ0v) is 11.4. The van der Waals surface area contributed by atoms with Gasteiger partial charge in [0.05, 0.1) is 0 Å². The molecule has 1 aromatic carbocycles. The lowest BCUT2D eigenvalue weighted by Crippen LogP contribution is -2.00. The summed E-state index contributed by atoms with van der Waals surface area (Å²) >= 11 is 3.21. The van der Waals surface area contributed by atoms with Gasteiger partial charge in [0.1, 0.15) is 5.82 Å². The van der Waals surface area contributed by atoms with E-state index in [1.54, 1.807) is 11.8 Å². The van der Waals surface area contributed by atoms with Gasteiger partial charge >= 0.3 is 0 Å². The van der Waals surface area contributed by atoms with Crippen molar-refractivity contribution in [1.29, 1.82) is 0 Å². The van der Waals surface area contributed by atoms with Gasteiger partial charge < -0.3 is 5.73 Å². The lowest BCUT2D eigenvalue weighted by molar-refractivity contribution is 0.971. The Labute approximate surface area is 110 Å². The van der Waals surface area contributed by atoms with E-state index in [0.29, 0.717) is 6.54 Å². The highest BCUT2D eigenvalue weighted by Gasteiger charge is 2.05. The SMILES string of the molecule is CCc1nsc(SCc2ccccc2CN)n1. The van der Waals surface area contributed by atoms with Crippen LogP contribution in [-0.2, 0) is 18.7 Å². The molecule has 0 saturated heterocycles. The van der Waals surface area contributed by atoms with E-state index in [-0.39, 0.29) is 0 Å². The van der Waals surface area contributed by atoms with Crippen LogP contribution >= 0.6 is 23.3 Å².